The van der Waals surface area contributed by atoms with E-state index >= 15 is 0 Å². The fourth-order valence-electron chi connectivity index (χ4n) is 8.02. The zero-order chi connectivity index (χ0) is 48.7. The Bertz CT molecular complexity index is 2690. The molecule has 0 bridgehead atoms. The van der Waals surface area contributed by atoms with Crippen LogP contribution in [0, 0.1) is 11.8 Å². The highest BCUT2D eigenvalue weighted by Gasteiger charge is 2.28. The van der Waals surface area contributed by atoms with Crippen LogP contribution in [-0.2, 0) is 11.5 Å². The van der Waals surface area contributed by atoms with Crippen molar-refractivity contribution in [3.05, 3.63) is 120 Å². The van der Waals surface area contributed by atoms with Crippen molar-refractivity contribution in [2.75, 3.05) is 59.9 Å². The van der Waals surface area contributed by atoms with E-state index in [9.17, 15) is 19.2 Å². The van der Waals surface area contributed by atoms with Gasteiger partial charge in [0.1, 0.15) is 5.75 Å². The molecule has 0 unspecified atom stereocenters. The second-order valence-corrected chi connectivity index (χ2v) is 22.7. The van der Waals surface area contributed by atoms with Gasteiger partial charge in [0, 0.05) is 64.0 Å². The summed E-state index contributed by atoms with van der Waals surface area (Å²) in [5.74, 6) is 2.25. The topological polar surface area (TPSA) is 155 Å². The van der Waals surface area contributed by atoms with Crippen LogP contribution in [-0.4, -0.2) is 67.3 Å². The van der Waals surface area contributed by atoms with E-state index in [1.807, 2.05) is 86.1 Å². The molecule has 8 rings (SSSR count). The molecule has 2 fully saturated rings. The number of urea groups is 2. The summed E-state index contributed by atoms with van der Waals surface area (Å²) in [5, 5.41) is 12.5. The van der Waals surface area contributed by atoms with Crippen molar-refractivity contribution in [3.8, 4) is 5.75 Å². The van der Waals surface area contributed by atoms with Gasteiger partial charge in [-0.3, -0.25) is 20.2 Å². The maximum atomic E-state index is 13.3. The van der Waals surface area contributed by atoms with Gasteiger partial charge in [0.05, 0.1) is 38.3 Å². The molecule has 0 aliphatic heterocycles. The largest absolute Gasteiger partial charge is 0.497 e. The molecule has 0 saturated heterocycles. The minimum Gasteiger partial charge on any atom is -0.497 e. The number of ether oxygens (including phenoxy) is 1. The highest BCUT2D eigenvalue weighted by atomic mass is 32.2. The number of rotatable bonds is 18. The number of amides is 4. The van der Waals surface area contributed by atoms with Crippen LogP contribution in [0.5, 0.6) is 5.75 Å². The number of hydrogen-bond donors (Lipinski definition) is 4. The second kappa shape index (κ2) is 25.8. The van der Waals surface area contributed by atoms with Crippen molar-refractivity contribution in [3.63, 3.8) is 0 Å². The van der Waals surface area contributed by atoms with E-state index in [0.29, 0.717) is 38.5 Å². The van der Waals surface area contributed by atoms with Crippen molar-refractivity contribution in [1.29, 1.82) is 0 Å². The smallest absolute Gasteiger partial charge is 0.325 e. The van der Waals surface area contributed by atoms with Gasteiger partial charge in [-0.1, -0.05) is 84.8 Å². The molecule has 0 spiro atoms. The molecule has 362 valence electrons. The quantitative estimate of drug-likeness (QED) is 0.0478. The van der Waals surface area contributed by atoms with Gasteiger partial charge >= 0.3 is 12.1 Å². The van der Waals surface area contributed by atoms with Crippen LogP contribution in [0.15, 0.2) is 115 Å². The van der Waals surface area contributed by atoms with Gasteiger partial charge in [-0.05, 0) is 98.9 Å². The van der Waals surface area contributed by atoms with Gasteiger partial charge in [0.25, 0.3) is 0 Å². The maximum Gasteiger partial charge on any atom is 0.325 e. The third-order valence-corrected chi connectivity index (χ3v) is 18.0. The molecule has 4 aromatic carbocycles. The first kappa shape index (κ1) is 51.9. The molecule has 2 saturated carbocycles. The zero-order valence-electron chi connectivity index (χ0n) is 39.3. The molecule has 2 aliphatic carbocycles. The lowest BCUT2D eigenvalue weighted by Crippen LogP contribution is -2.22. The van der Waals surface area contributed by atoms with Crippen LogP contribution in [0.3, 0.4) is 0 Å². The number of benzene rings is 4. The molecule has 4 N–H and O–H groups in total. The first-order valence-electron chi connectivity index (χ1n) is 22.7. The summed E-state index contributed by atoms with van der Waals surface area (Å²) >= 11 is 9.59. The average Bonchev–Trinajstić information content (AvgIpc) is 4.22. The van der Waals surface area contributed by atoms with Gasteiger partial charge in [-0.15, -0.1) is 47.0 Å². The molecule has 0 radical (unpaired) electrons. The third kappa shape index (κ3) is 14.5. The molecule has 12 nitrogen and oxygen atoms in total. The summed E-state index contributed by atoms with van der Waals surface area (Å²) in [5.41, 5.74) is 4.92. The Morgan fingerprint density at radius 2 is 1.04 bits per heavy atom. The maximum absolute atomic E-state index is 13.3. The number of Topliss-reactive ketones (excluding diaryl/α,β-unsaturated/α-hetero) is 2. The summed E-state index contributed by atoms with van der Waals surface area (Å²) in [6.07, 6.45) is 11.9. The number of ketones is 2. The number of thiazole rings is 2. The van der Waals surface area contributed by atoms with Gasteiger partial charge < -0.3 is 20.3 Å². The average molecular weight is 1040 g/mol. The highest BCUT2D eigenvalue weighted by Crippen LogP contribution is 2.38. The van der Waals surface area contributed by atoms with Crippen LogP contribution in [0.25, 0.3) is 0 Å². The number of thioether (sulfide) groups is 4. The molecular formula is C51H57N7O5S6. The molecule has 4 amide bonds. The summed E-state index contributed by atoms with van der Waals surface area (Å²) in [4.78, 5) is 65.7. The van der Waals surface area contributed by atoms with E-state index in [1.165, 1.54) is 32.5 Å². The Morgan fingerprint density at radius 1 is 0.609 bits per heavy atom. The third-order valence-electron chi connectivity index (χ3n) is 11.6. The number of methoxy groups -OCH3 is 1. The summed E-state index contributed by atoms with van der Waals surface area (Å²) < 4.78 is 7.46. The Kier molecular flexibility index (Phi) is 19.4. The van der Waals surface area contributed by atoms with Crippen molar-refractivity contribution >= 4 is 121 Å². The van der Waals surface area contributed by atoms with Gasteiger partial charge in [0.15, 0.2) is 21.8 Å². The zero-order valence-corrected chi connectivity index (χ0v) is 44.2. The highest BCUT2D eigenvalue weighted by molar-refractivity contribution is 8.01. The Balaban J connectivity index is 0.000000204. The van der Waals surface area contributed by atoms with E-state index in [0.717, 1.165) is 88.4 Å². The van der Waals surface area contributed by atoms with E-state index < -0.39 is 12.1 Å². The summed E-state index contributed by atoms with van der Waals surface area (Å²) in [6, 6.07) is 30.3. The van der Waals surface area contributed by atoms with Crippen LogP contribution in [0.4, 0.5) is 36.9 Å². The van der Waals surface area contributed by atoms with E-state index in [1.54, 1.807) is 72.4 Å². The lowest BCUT2D eigenvalue weighted by Gasteiger charge is -2.18. The number of carbonyl (C=O) groups excluding carboxylic acids is 4. The van der Waals surface area contributed by atoms with E-state index in [2.05, 4.69) is 55.5 Å². The van der Waals surface area contributed by atoms with Crippen LogP contribution in [0.2, 0.25) is 0 Å². The number of aromatic nitrogens is 2. The first-order valence-corrected chi connectivity index (χ1v) is 28.7. The van der Waals surface area contributed by atoms with Crippen molar-refractivity contribution in [2.45, 2.75) is 81.1 Å². The molecule has 2 aliphatic rings. The second-order valence-electron chi connectivity index (χ2n) is 16.5. The molecule has 2 aromatic heterocycles. The van der Waals surface area contributed by atoms with Crippen molar-refractivity contribution < 1.29 is 23.9 Å². The molecule has 0 atom stereocenters. The summed E-state index contributed by atoms with van der Waals surface area (Å²) in [6.45, 7) is 0. The van der Waals surface area contributed by atoms with Crippen molar-refractivity contribution in [1.82, 2.24) is 9.97 Å². The van der Waals surface area contributed by atoms with Crippen LogP contribution < -0.4 is 30.9 Å². The number of nitrogens with zero attached hydrogens (tertiary/aromatic N) is 3. The first-order chi connectivity index (χ1) is 33.5. The number of anilines is 5. The van der Waals surface area contributed by atoms with Gasteiger partial charge in [-0.25, -0.2) is 19.6 Å². The molecule has 69 heavy (non-hydrogen) atoms. The summed E-state index contributed by atoms with van der Waals surface area (Å²) in [7, 11) is 5.45. The minimum absolute atomic E-state index is 0.00323. The fraction of sp³-hybridized carbons (Fsp3) is 0.333. The predicted molar refractivity (Wildman–Crippen MR) is 291 cm³/mol. The normalized spacial score (nSPS) is 13.6. The lowest BCUT2D eigenvalue weighted by atomic mass is 9.94. The molecule has 6 aromatic rings. The van der Waals surface area contributed by atoms with E-state index in [4.69, 9.17) is 4.74 Å². The minimum atomic E-state index is -0.422. The fourth-order valence-corrected chi connectivity index (χ4v) is 13.4. The number of nitrogens with one attached hydrogen (secondary N) is 4. The van der Waals surface area contributed by atoms with E-state index in [-0.39, 0.29) is 23.4 Å². The Labute approximate surface area is 429 Å². The molecule has 2 heterocycles. The number of carbonyl (C=O) groups is 4. The molecule has 18 heteroatoms. The molecular weight excluding hydrogens is 983 g/mol. The van der Waals surface area contributed by atoms with Crippen molar-refractivity contribution in [2.24, 2.45) is 11.8 Å². The predicted octanol–water partition coefficient (Wildman–Crippen LogP) is 14.4. The monoisotopic (exact) mass is 1040 g/mol. The SMILES string of the molecule is COc1ccc(NC(=O)Nc2nc(CSc3ccccc3)c(SC)s2)c(C(=O)C2CCCC2)c1.CSc1sc(NC(=O)Nc2ccc(N(C)C)cc2C(=O)C2CCCC2)nc1CSc1ccccc1. The number of hydrogen-bond acceptors (Lipinski definition) is 14. The Morgan fingerprint density at radius 3 is 1.46 bits per heavy atom. The Hall–Kier alpha value is -4.98. The van der Waals surface area contributed by atoms with Crippen LogP contribution >= 0.6 is 69.7 Å². The van der Waals surface area contributed by atoms with Gasteiger partial charge in [0.2, 0.25) is 0 Å². The van der Waals surface area contributed by atoms with Gasteiger partial charge in [-0.2, -0.15) is 0 Å². The lowest BCUT2D eigenvalue weighted by molar-refractivity contribution is 0.0916. The van der Waals surface area contributed by atoms with Crippen LogP contribution in [0.1, 0.15) is 83.5 Å². The standard InChI is InChI=1S/C26H30N4O2S3.C25H27N3O3S3/c1-30(2)18-13-14-21(20(15-18)23(31)17-9-7-8-10-17)27-25(32)29-26-28-22(24(33-3)35-26)16-34-19-11-5-4-6-12-19;1-31-17-12-13-20(19(14-17)22(29)16-8-6-7-9-16)26-24(30)28-25-27-21(23(32-2)34-25)15-33-18-10-4-3-5-11-18/h4-6,11-15,17H,7-10,16H2,1-3H3,(H2,27,28,29,32);3-5,10-14,16H,6-9,15H2,1-2H3,(H2,26,27,28,30).